The maximum Gasteiger partial charge on any atom is 0.250 e. The summed E-state index contributed by atoms with van der Waals surface area (Å²) >= 11 is 0. The molecule has 3 heterocycles. The summed E-state index contributed by atoms with van der Waals surface area (Å²) in [5.74, 6) is -2.08. The fraction of sp³-hybridized carbons (Fsp3) is 0.276. The Morgan fingerprint density at radius 2 is 1.54 bits per heavy atom. The summed E-state index contributed by atoms with van der Waals surface area (Å²) in [7, 11) is 0. The van der Waals surface area contributed by atoms with Crippen LogP contribution in [0.2, 0.25) is 0 Å². The third-order valence-electron chi connectivity index (χ3n) is 7.73. The van der Waals surface area contributed by atoms with Crippen LogP contribution in [0.1, 0.15) is 22.3 Å². The van der Waals surface area contributed by atoms with E-state index in [1.165, 1.54) is 4.90 Å². The Labute approximate surface area is 204 Å². The van der Waals surface area contributed by atoms with Crippen molar-refractivity contribution in [1.82, 2.24) is 10.2 Å². The SMILES string of the molecule is Cc1ccc2c(c1)[C@@]1(N[C@@H](Cc3ccccc3)[C@H]3C(=O)N(CCc4ccccc4)C(=O)[C@@H]31)C(=O)N2. The third-order valence-corrected chi connectivity index (χ3v) is 7.73. The molecular weight excluding hydrogens is 438 g/mol. The predicted molar refractivity (Wildman–Crippen MR) is 132 cm³/mol. The monoisotopic (exact) mass is 465 g/mol. The van der Waals surface area contributed by atoms with E-state index in [1.54, 1.807) is 0 Å². The molecule has 3 aromatic carbocycles. The fourth-order valence-corrected chi connectivity index (χ4v) is 6.12. The normalized spacial score (nSPS) is 26.8. The van der Waals surface area contributed by atoms with E-state index in [9.17, 15) is 14.4 Å². The molecule has 3 amide bonds. The minimum absolute atomic E-state index is 0.185. The van der Waals surface area contributed by atoms with Gasteiger partial charge in [-0.15, -0.1) is 0 Å². The second-order valence-electron chi connectivity index (χ2n) is 9.82. The van der Waals surface area contributed by atoms with Crippen molar-refractivity contribution in [2.75, 3.05) is 11.9 Å². The van der Waals surface area contributed by atoms with Gasteiger partial charge in [0.1, 0.15) is 5.54 Å². The predicted octanol–water partition coefficient (Wildman–Crippen LogP) is 3.20. The van der Waals surface area contributed by atoms with Crippen molar-refractivity contribution < 1.29 is 14.4 Å². The van der Waals surface area contributed by atoms with E-state index >= 15 is 0 Å². The van der Waals surface area contributed by atoms with Crippen molar-refractivity contribution in [2.24, 2.45) is 11.8 Å². The number of benzene rings is 3. The average molecular weight is 466 g/mol. The van der Waals surface area contributed by atoms with Gasteiger partial charge in [-0.25, -0.2) is 0 Å². The number of rotatable bonds is 5. The highest BCUT2D eigenvalue weighted by Gasteiger charge is 2.70. The van der Waals surface area contributed by atoms with Crippen LogP contribution >= 0.6 is 0 Å². The summed E-state index contributed by atoms with van der Waals surface area (Å²) in [6, 6.07) is 25.2. The summed E-state index contributed by atoms with van der Waals surface area (Å²) in [4.78, 5) is 42.7. The molecule has 0 saturated carbocycles. The molecule has 0 aliphatic carbocycles. The largest absolute Gasteiger partial charge is 0.324 e. The molecule has 3 aromatic rings. The highest BCUT2D eigenvalue weighted by Crippen LogP contribution is 2.53. The molecular formula is C29H27N3O3. The zero-order chi connectivity index (χ0) is 24.2. The molecule has 1 spiro atoms. The van der Waals surface area contributed by atoms with Gasteiger partial charge in [0.05, 0.1) is 11.8 Å². The summed E-state index contributed by atoms with van der Waals surface area (Å²) in [5.41, 5.74) is 3.35. The first-order chi connectivity index (χ1) is 17.0. The van der Waals surface area contributed by atoms with Crippen molar-refractivity contribution in [3.63, 3.8) is 0 Å². The van der Waals surface area contributed by atoms with Crippen molar-refractivity contribution >= 4 is 23.4 Å². The Hall–Kier alpha value is -3.77. The number of anilines is 1. The van der Waals surface area contributed by atoms with E-state index in [-0.39, 0.29) is 23.8 Å². The van der Waals surface area contributed by atoms with Gasteiger partial charge in [-0.3, -0.25) is 24.6 Å². The minimum Gasteiger partial charge on any atom is -0.324 e. The highest BCUT2D eigenvalue weighted by molar-refractivity contribution is 6.15. The quantitative estimate of drug-likeness (QED) is 0.568. The van der Waals surface area contributed by atoms with Crippen molar-refractivity contribution in [1.29, 1.82) is 0 Å². The van der Waals surface area contributed by atoms with Gasteiger partial charge in [-0.2, -0.15) is 0 Å². The Kier molecular flexibility index (Phi) is 5.07. The van der Waals surface area contributed by atoms with Crippen molar-refractivity contribution in [3.05, 3.63) is 101 Å². The third kappa shape index (κ3) is 3.32. The van der Waals surface area contributed by atoms with Crippen LogP contribution in [0.25, 0.3) is 0 Å². The Morgan fingerprint density at radius 1 is 0.857 bits per heavy atom. The highest BCUT2D eigenvalue weighted by atomic mass is 16.2. The lowest BCUT2D eigenvalue weighted by Gasteiger charge is -2.29. The number of fused-ring (bicyclic) bond motifs is 4. The number of aryl methyl sites for hydroxylation is 1. The first-order valence-corrected chi connectivity index (χ1v) is 12.1. The van der Waals surface area contributed by atoms with Gasteiger partial charge in [-0.05, 0) is 37.0 Å². The Bertz CT molecular complexity index is 1320. The van der Waals surface area contributed by atoms with Gasteiger partial charge >= 0.3 is 0 Å². The number of likely N-dealkylation sites (tertiary alicyclic amines) is 1. The van der Waals surface area contributed by atoms with Crippen molar-refractivity contribution in [3.8, 4) is 0 Å². The molecule has 176 valence electrons. The lowest BCUT2D eigenvalue weighted by Crippen LogP contribution is -2.53. The van der Waals surface area contributed by atoms with Crippen LogP contribution in [0.5, 0.6) is 0 Å². The standard InChI is InChI=1S/C29H27N3O3/c1-18-12-13-22-21(16-18)29(28(35)30-22)25-24(23(31-29)17-20-10-6-3-7-11-20)26(33)32(27(25)34)15-14-19-8-4-2-5-9-19/h2-13,16,23-25,31H,14-15,17H2,1H3,(H,30,35)/t23-,24+,25+,29-/m0/s1. The van der Waals surface area contributed by atoms with E-state index in [0.717, 1.165) is 22.3 Å². The molecule has 4 atom stereocenters. The molecule has 6 rings (SSSR count). The van der Waals surface area contributed by atoms with Gasteiger partial charge in [0.25, 0.3) is 0 Å². The lowest BCUT2D eigenvalue weighted by atomic mass is 9.76. The number of carbonyl (C=O) groups is 3. The summed E-state index contributed by atoms with van der Waals surface area (Å²) in [5, 5.41) is 6.50. The second-order valence-corrected chi connectivity index (χ2v) is 9.82. The summed E-state index contributed by atoms with van der Waals surface area (Å²) in [6.07, 6.45) is 1.15. The fourth-order valence-electron chi connectivity index (χ4n) is 6.12. The number of nitrogens with zero attached hydrogens (tertiary/aromatic N) is 1. The minimum atomic E-state index is -1.25. The van der Waals surface area contributed by atoms with Crippen LogP contribution in [0, 0.1) is 18.8 Å². The zero-order valence-corrected chi connectivity index (χ0v) is 19.5. The molecule has 2 fully saturated rings. The van der Waals surface area contributed by atoms with E-state index in [1.807, 2.05) is 85.8 Å². The first-order valence-electron chi connectivity index (χ1n) is 12.1. The average Bonchev–Trinajstić information content (AvgIpc) is 3.44. The number of nitrogens with one attached hydrogen (secondary N) is 2. The summed E-state index contributed by atoms with van der Waals surface area (Å²) in [6.45, 7) is 2.28. The molecule has 35 heavy (non-hydrogen) atoms. The van der Waals surface area contributed by atoms with Crippen LogP contribution in [0.3, 0.4) is 0 Å². The summed E-state index contributed by atoms with van der Waals surface area (Å²) < 4.78 is 0. The zero-order valence-electron chi connectivity index (χ0n) is 19.5. The van der Waals surface area contributed by atoms with Crippen molar-refractivity contribution in [2.45, 2.75) is 31.3 Å². The van der Waals surface area contributed by atoms with E-state index in [4.69, 9.17) is 0 Å². The molecule has 0 aromatic heterocycles. The maximum atomic E-state index is 13.9. The van der Waals surface area contributed by atoms with E-state index in [0.29, 0.717) is 25.1 Å². The van der Waals surface area contributed by atoms with E-state index < -0.39 is 17.4 Å². The molecule has 2 saturated heterocycles. The first kappa shape index (κ1) is 21.7. The van der Waals surface area contributed by atoms with Crippen LogP contribution in [-0.2, 0) is 32.8 Å². The van der Waals surface area contributed by atoms with Gasteiger partial charge < -0.3 is 5.32 Å². The van der Waals surface area contributed by atoms with Crippen LogP contribution in [-0.4, -0.2) is 35.2 Å². The Morgan fingerprint density at radius 3 is 2.26 bits per heavy atom. The van der Waals surface area contributed by atoms with Crippen LogP contribution < -0.4 is 10.6 Å². The molecule has 2 N–H and O–H groups in total. The molecule has 0 unspecified atom stereocenters. The number of carbonyl (C=O) groups excluding carboxylic acids is 3. The number of hydrogen-bond donors (Lipinski definition) is 2. The number of hydrogen-bond acceptors (Lipinski definition) is 4. The van der Waals surface area contributed by atoms with E-state index in [2.05, 4.69) is 10.6 Å². The smallest absolute Gasteiger partial charge is 0.250 e. The molecule has 3 aliphatic rings. The van der Waals surface area contributed by atoms with Gasteiger partial charge in [0.2, 0.25) is 17.7 Å². The molecule has 3 aliphatic heterocycles. The molecule has 0 bridgehead atoms. The Balaban J connectivity index is 1.41. The van der Waals surface area contributed by atoms with Gasteiger partial charge in [0, 0.05) is 23.8 Å². The van der Waals surface area contributed by atoms with Gasteiger partial charge in [0.15, 0.2) is 0 Å². The lowest BCUT2D eigenvalue weighted by molar-refractivity contribution is -0.142. The number of amides is 3. The number of imide groups is 1. The van der Waals surface area contributed by atoms with Crippen LogP contribution in [0.15, 0.2) is 78.9 Å². The molecule has 0 radical (unpaired) electrons. The maximum absolute atomic E-state index is 13.9. The topological polar surface area (TPSA) is 78.5 Å². The second kappa shape index (κ2) is 8.17. The van der Waals surface area contributed by atoms with Crippen LogP contribution in [0.4, 0.5) is 5.69 Å². The molecule has 6 heteroatoms. The van der Waals surface area contributed by atoms with Gasteiger partial charge in [-0.1, -0.05) is 78.4 Å². The molecule has 6 nitrogen and oxygen atoms in total.